The number of nitrogens with zero attached hydrogens (tertiary/aromatic N) is 3. The lowest BCUT2D eigenvalue weighted by molar-refractivity contribution is 1.10. The summed E-state index contributed by atoms with van der Waals surface area (Å²) in [5.41, 5.74) is 1.69. The van der Waals surface area contributed by atoms with Crippen LogP contribution in [0.4, 0.5) is 23.3 Å². The van der Waals surface area contributed by atoms with Crippen molar-refractivity contribution in [2.24, 2.45) is 0 Å². The maximum absolute atomic E-state index is 6.17. The Labute approximate surface area is 156 Å². The number of aromatic nitrogens is 4. The first-order valence-electron chi connectivity index (χ1n) is 7.45. The molecule has 0 atom stereocenters. The molecule has 0 aliphatic carbocycles. The third-order valence-corrected chi connectivity index (χ3v) is 4.48. The van der Waals surface area contributed by atoms with Crippen LogP contribution in [-0.2, 0) is 0 Å². The summed E-state index contributed by atoms with van der Waals surface area (Å²) in [6.45, 7) is 0. The van der Waals surface area contributed by atoms with E-state index in [2.05, 4.69) is 46.7 Å². The fourth-order valence-electron chi connectivity index (χ4n) is 2.37. The lowest BCUT2D eigenvalue weighted by Gasteiger charge is -2.10. The summed E-state index contributed by atoms with van der Waals surface area (Å²) < 4.78 is 0.726. The van der Waals surface area contributed by atoms with Crippen LogP contribution >= 0.6 is 27.5 Å². The highest BCUT2D eigenvalue weighted by atomic mass is 79.9. The van der Waals surface area contributed by atoms with Crippen molar-refractivity contribution in [3.05, 3.63) is 64.2 Å². The number of halogens is 2. The molecule has 3 N–H and O–H groups in total. The minimum absolute atomic E-state index is 0.429. The van der Waals surface area contributed by atoms with Crippen molar-refractivity contribution in [1.29, 1.82) is 0 Å². The van der Waals surface area contributed by atoms with E-state index in [1.165, 1.54) is 0 Å². The first kappa shape index (κ1) is 15.9. The van der Waals surface area contributed by atoms with Gasteiger partial charge in [0.25, 0.3) is 0 Å². The highest BCUT2D eigenvalue weighted by Crippen LogP contribution is 2.29. The number of nitrogens with one attached hydrogen (secondary N) is 3. The van der Waals surface area contributed by atoms with Crippen LogP contribution in [0.3, 0.4) is 0 Å². The standard InChI is InChI=1S/C17H12BrClN6/c18-11-9-20-17(21-14-8-4-2-6-12(14)19)23-16(11)22-15-10-5-1-3-7-13(10)24-25-15/h1-9H,(H3,20,21,22,23,24,25). The van der Waals surface area contributed by atoms with E-state index >= 15 is 0 Å². The molecule has 0 radical (unpaired) electrons. The minimum atomic E-state index is 0.429. The Morgan fingerprint density at radius 3 is 2.64 bits per heavy atom. The van der Waals surface area contributed by atoms with Gasteiger partial charge in [-0.25, -0.2) is 4.98 Å². The van der Waals surface area contributed by atoms with Gasteiger partial charge in [-0.2, -0.15) is 10.1 Å². The Kier molecular flexibility index (Phi) is 4.25. The molecular weight excluding hydrogens is 404 g/mol. The van der Waals surface area contributed by atoms with Crippen LogP contribution in [0.25, 0.3) is 10.9 Å². The second kappa shape index (κ2) is 6.70. The molecule has 0 spiro atoms. The number of aromatic amines is 1. The largest absolute Gasteiger partial charge is 0.323 e. The summed E-state index contributed by atoms with van der Waals surface area (Å²) in [4.78, 5) is 8.77. The smallest absolute Gasteiger partial charge is 0.229 e. The predicted molar refractivity (Wildman–Crippen MR) is 104 cm³/mol. The molecule has 25 heavy (non-hydrogen) atoms. The van der Waals surface area contributed by atoms with Crippen LogP contribution in [0, 0.1) is 0 Å². The molecule has 0 saturated heterocycles. The lowest BCUT2D eigenvalue weighted by Crippen LogP contribution is -2.02. The molecule has 0 aliphatic rings. The second-order valence-electron chi connectivity index (χ2n) is 5.24. The monoisotopic (exact) mass is 414 g/mol. The molecule has 4 rings (SSSR count). The highest BCUT2D eigenvalue weighted by molar-refractivity contribution is 9.10. The molecule has 6 nitrogen and oxygen atoms in total. The van der Waals surface area contributed by atoms with Crippen molar-refractivity contribution in [2.75, 3.05) is 10.6 Å². The maximum atomic E-state index is 6.17. The van der Waals surface area contributed by atoms with Gasteiger partial charge in [0.1, 0.15) is 0 Å². The fourth-order valence-corrected chi connectivity index (χ4v) is 2.84. The molecule has 0 saturated carbocycles. The topological polar surface area (TPSA) is 78.5 Å². The summed E-state index contributed by atoms with van der Waals surface area (Å²) >= 11 is 9.63. The number of rotatable bonds is 4. The van der Waals surface area contributed by atoms with Gasteiger partial charge in [0.15, 0.2) is 11.6 Å². The van der Waals surface area contributed by atoms with E-state index < -0.39 is 0 Å². The van der Waals surface area contributed by atoms with Gasteiger partial charge in [-0.1, -0.05) is 35.9 Å². The molecule has 2 aromatic carbocycles. The molecule has 0 unspecified atom stereocenters. The number of hydrogen-bond donors (Lipinski definition) is 3. The number of H-pyrrole nitrogens is 1. The van der Waals surface area contributed by atoms with E-state index in [4.69, 9.17) is 11.6 Å². The van der Waals surface area contributed by atoms with Crippen molar-refractivity contribution in [1.82, 2.24) is 20.2 Å². The second-order valence-corrected chi connectivity index (χ2v) is 6.50. The summed E-state index contributed by atoms with van der Waals surface area (Å²) in [5.74, 6) is 1.72. The van der Waals surface area contributed by atoms with Gasteiger partial charge < -0.3 is 10.6 Å². The number of fused-ring (bicyclic) bond motifs is 1. The Morgan fingerprint density at radius 1 is 0.960 bits per heavy atom. The van der Waals surface area contributed by atoms with Crippen molar-refractivity contribution in [3.8, 4) is 0 Å². The third kappa shape index (κ3) is 3.29. The molecule has 4 aromatic rings. The molecule has 0 fully saturated rings. The molecular formula is C17H12BrClN6. The normalized spacial score (nSPS) is 10.8. The number of anilines is 4. The zero-order valence-corrected chi connectivity index (χ0v) is 15.1. The summed E-state index contributed by atoms with van der Waals surface area (Å²) in [6.07, 6.45) is 1.67. The van der Waals surface area contributed by atoms with Crippen molar-refractivity contribution in [2.45, 2.75) is 0 Å². The molecule has 0 amide bonds. The SMILES string of the molecule is Clc1ccccc1Nc1ncc(Br)c(Nc2n[nH]c3ccccc23)n1. The van der Waals surface area contributed by atoms with Gasteiger partial charge in [0, 0.05) is 11.6 Å². The number of para-hydroxylation sites is 2. The van der Waals surface area contributed by atoms with Crippen molar-refractivity contribution < 1.29 is 0 Å². The van der Waals surface area contributed by atoms with Gasteiger partial charge >= 0.3 is 0 Å². The summed E-state index contributed by atoms with van der Waals surface area (Å²) in [5, 5.41) is 15.2. The Morgan fingerprint density at radius 2 is 1.76 bits per heavy atom. The van der Waals surface area contributed by atoms with Gasteiger partial charge in [-0.3, -0.25) is 5.10 Å². The molecule has 2 heterocycles. The average molecular weight is 416 g/mol. The Balaban J connectivity index is 1.65. The van der Waals surface area contributed by atoms with E-state index in [0.717, 1.165) is 21.1 Å². The first-order valence-corrected chi connectivity index (χ1v) is 8.62. The number of benzene rings is 2. The van der Waals surface area contributed by atoms with Crippen molar-refractivity contribution >= 4 is 61.7 Å². The van der Waals surface area contributed by atoms with Gasteiger partial charge in [0.2, 0.25) is 5.95 Å². The fraction of sp³-hybridized carbons (Fsp3) is 0. The lowest BCUT2D eigenvalue weighted by atomic mass is 10.2. The van der Waals surface area contributed by atoms with Crippen LogP contribution < -0.4 is 10.6 Å². The zero-order chi connectivity index (χ0) is 17.2. The molecule has 2 aromatic heterocycles. The molecule has 0 aliphatic heterocycles. The van der Waals surface area contributed by atoms with Crippen LogP contribution in [0.1, 0.15) is 0 Å². The maximum Gasteiger partial charge on any atom is 0.229 e. The summed E-state index contributed by atoms with van der Waals surface area (Å²) in [6, 6.07) is 15.3. The Bertz CT molecular complexity index is 1050. The quantitative estimate of drug-likeness (QED) is 0.424. The van der Waals surface area contributed by atoms with E-state index in [-0.39, 0.29) is 0 Å². The van der Waals surface area contributed by atoms with Crippen LogP contribution in [0.15, 0.2) is 59.2 Å². The highest BCUT2D eigenvalue weighted by Gasteiger charge is 2.11. The zero-order valence-electron chi connectivity index (χ0n) is 12.8. The van der Waals surface area contributed by atoms with Gasteiger partial charge in [-0.15, -0.1) is 0 Å². The molecule has 8 heteroatoms. The molecule has 124 valence electrons. The minimum Gasteiger partial charge on any atom is -0.323 e. The van der Waals surface area contributed by atoms with Gasteiger partial charge in [0.05, 0.1) is 20.7 Å². The predicted octanol–water partition coefficient (Wildman–Crippen LogP) is 5.26. The first-order chi connectivity index (χ1) is 12.2. The van der Waals surface area contributed by atoms with E-state index in [1.807, 2.05) is 42.5 Å². The van der Waals surface area contributed by atoms with Crippen molar-refractivity contribution in [3.63, 3.8) is 0 Å². The van der Waals surface area contributed by atoms with E-state index in [9.17, 15) is 0 Å². The van der Waals surface area contributed by atoms with Gasteiger partial charge in [-0.05, 0) is 40.2 Å². The molecule has 0 bridgehead atoms. The van der Waals surface area contributed by atoms with E-state index in [1.54, 1.807) is 12.3 Å². The van der Waals surface area contributed by atoms with E-state index in [0.29, 0.717) is 22.6 Å². The Hall–Kier alpha value is -2.64. The average Bonchev–Trinajstić information content (AvgIpc) is 3.03. The van der Waals surface area contributed by atoms with Crippen LogP contribution in [0.2, 0.25) is 5.02 Å². The van der Waals surface area contributed by atoms with Crippen LogP contribution in [0.5, 0.6) is 0 Å². The third-order valence-electron chi connectivity index (χ3n) is 3.57. The number of hydrogen-bond acceptors (Lipinski definition) is 5. The van der Waals surface area contributed by atoms with Crippen LogP contribution in [-0.4, -0.2) is 20.2 Å². The summed E-state index contributed by atoms with van der Waals surface area (Å²) in [7, 11) is 0.